The van der Waals surface area contributed by atoms with Crippen LogP contribution in [0.4, 0.5) is 0 Å². The summed E-state index contributed by atoms with van der Waals surface area (Å²) in [5.74, 6) is 0.657. The normalized spacial score (nSPS) is 10.6. The molecule has 2 N–H and O–H groups in total. The topological polar surface area (TPSA) is 82.1 Å². The molecule has 6 nitrogen and oxygen atoms in total. The van der Waals surface area contributed by atoms with Crippen LogP contribution >= 0.6 is 0 Å². The van der Waals surface area contributed by atoms with Gasteiger partial charge in [0, 0.05) is 55.6 Å². The number of carbonyl (C=O) groups excluding carboxylic acids is 1. The van der Waals surface area contributed by atoms with Crippen LogP contribution in [0, 0.1) is 0 Å². The summed E-state index contributed by atoms with van der Waals surface area (Å²) in [6.07, 6.45) is 7.39. The highest BCUT2D eigenvalue weighted by molar-refractivity contribution is 5.95. The number of carbonyl (C=O) groups is 1. The summed E-state index contributed by atoms with van der Waals surface area (Å²) in [5.41, 5.74) is 2.46. The zero-order chi connectivity index (χ0) is 17.5. The summed E-state index contributed by atoms with van der Waals surface area (Å²) >= 11 is 0. The first kappa shape index (κ1) is 16.9. The van der Waals surface area contributed by atoms with E-state index in [4.69, 9.17) is 5.11 Å². The van der Waals surface area contributed by atoms with E-state index in [1.165, 1.54) is 0 Å². The first-order valence-electron chi connectivity index (χ1n) is 8.17. The smallest absolute Gasteiger partial charge is 0.254 e. The van der Waals surface area contributed by atoms with Crippen LogP contribution in [0.15, 0.2) is 61.2 Å². The largest absolute Gasteiger partial charge is 0.396 e. The van der Waals surface area contributed by atoms with E-state index < -0.39 is 0 Å². The number of aromatic nitrogens is 3. The molecular weight excluding hydrogens is 316 g/mol. The number of benzene rings is 1. The van der Waals surface area contributed by atoms with Gasteiger partial charge in [-0.3, -0.25) is 9.78 Å². The van der Waals surface area contributed by atoms with E-state index in [1.54, 1.807) is 35.8 Å². The maximum Gasteiger partial charge on any atom is 0.254 e. The second kappa shape index (κ2) is 8.21. The van der Waals surface area contributed by atoms with Gasteiger partial charge in [0.2, 0.25) is 0 Å². The van der Waals surface area contributed by atoms with Gasteiger partial charge in [0.15, 0.2) is 0 Å². The number of pyridine rings is 1. The maximum atomic E-state index is 13.0. The molecule has 1 aromatic carbocycles. The highest BCUT2D eigenvalue weighted by Crippen LogP contribution is 2.18. The molecule has 0 unspecified atom stereocenters. The fourth-order valence-electron chi connectivity index (χ4n) is 2.63. The molecule has 0 radical (unpaired) electrons. The number of nitrogens with zero attached hydrogens (tertiary/aromatic N) is 3. The van der Waals surface area contributed by atoms with Crippen LogP contribution in [0.5, 0.6) is 0 Å². The zero-order valence-corrected chi connectivity index (χ0v) is 13.8. The molecule has 0 saturated heterocycles. The van der Waals surface area contributed by atoms with Gasteiger partial charge in [-0.15, -0.1) is 0 Å². The lowest BCUT2D eigenvalue weighted by Crippen LogP contribution is -2.32. The van der Waals surface area contributed by atoms with E-state index in [9.17, 15) is 4.79 Å². The van der Waals surface area contributed by atoms with Gasteiger partial charge in [0.25, 0.3) is 5.91 Å². The van der Waals surface area contributed by atoms with Gasteiger partial charge in [-0.25, -0.2) is 4.98 Å². The fourth-order valence-corrected chi connectivity index (χ4v) is 2.63. The summed E-state index contributed by atoms with van der Waals surface area (Å²) in [5, 5.41) is 9.14. The molecule has 128 valence electrons. The Kier molecular flexibility index (Phi) is 5.53. The van der Waals surface area contributed by atoms with Crippen LogP contribution in [-0.2, 0) is 6.54 Å². The molecule has 0 bridgehead atoms. The standard InChI is InChI=1S/C19H20N4O2/c24-12-2-11-23(14-15-5-7-20-8-6-15)19(25)17-4-1-3-16(13-17)18-21-9-10-22-18/h1,3-10,13,24H,2,11-12,14H2,(H,21,22). The highest BCUT2D eigenvalue weighted by atomic mass is 16.3. The van der Waals surface area contributed by atoms with Crippen LogP contribution in [0.25, 0.3) is 11.4 Å². The first-order valence-corrected chi connectivity index (χ1v) is 8.17. The Morgan fingerprint density at radius 2 is 2.00 bits per heavy atom. The minimum Gasteiger partial charge on any atom is -0.396 e. The second-order valence-corrected chi connectivity index (χ2v) is 5.68. The average molecular weight is 336 g/mol. The summed E-state index contributed by atoms with van der Waals surface area (Å²) in [6.45, 7) is 1.02. The molecule has 0 aliphatic carbocycles. The monoisotopic (exact) mass is 336 g/mol. The minimum atomic E-state index is -0.0707. The van der Waals surface area contributed by atoms with Crippen LogP contribution in [0.3, 0.4) is 0 Å². The van der Waals surface area contributed by atoms with Gasteiger partial charge in [0.05, 0.1) is 0 Å². The maximum absolute atomic E-state index is 13.0. The highest BCUT2D eigenvalue weighted by Gasteiger charge is 2.17. The lowest BCUT2D eigenvalue weighted by molar-refractivity contribution is 0.0732. The number of aliphatic hydroxyl groups is 1. The van der Waals surface area contributed by atoms with Crippen molar-refractivity contribution in [2.75, 3.05) is 13.2 Å². The third kappa shape index (κ3) is 4.30. The molecular formula is C19H20N4O2. The van der Waals surface area contributed by atoms with Crippen molar-refractivity contribution >= 4 is 5.91 Å². The Morgan fingerprint density at radius 1 is 1.16 bits per heavy atom. The van der Waals surface area contributed by atoms with Crippen LogP contribution in [0.2, 0.25) is 0 Å². The van der Waals surface area contributed by atoms with Gasteiger partial charge in [-0.2, -0.15) is 0 Å². The molecule has 3 aromatic rings. The molecule has 6 heteroatoms. The molecule has 0 saturated carbocycles. The fraction of sp³-hybridized carbons (Fsp3) is 0.211. The quantitative estimate of drug-likeness (QED) is 0.694. The van der Waals surface area contributed by atoms with E-state index in [2.05, 4.69) is 15.0 Å². The van der Waals surface area contributed by atoms with Gasteiger partial charge in [-0.1, -0.05) is 12.1 Å². The molecule has 3 rings (SSSR count). The summed E-state index contributed by atoms with van der Waals surface area (Å²) in [6, 6.07) is 11.2. The number of aromatic amines is 1. The van der Waals surface area contributed by atoms with E-state index in [-0.39, 0.29) is 12.5 Å². The Balaban J connectivity index is 1.83. The SMILES string of the molecule is O=C(c1cccc(-c2ncc[nH]2)c1)N(CCCO)Cc1ccncc1. The number of aliphatic hydroxyl groups excluding tert-OH is 1. The molecule has 2 heterocycles. The van der Waals surface area contributed by atoms with Gasteiger partial charge in [-0.05, 0) is 36.2 Å². The van der Waals surface area contributed by atoms with E-state index in [0.29, 0.717) is 25.1 Å². The van der Waals surface area contributed by atoms with Gasteiger partial charge < -0.3 is 15.0 Å². The van der Waals surface area contributed by atoms with Gasteiger partial charge in [0.1, 0.15) is 5.82 Å². The third-order valence-corrected chi connectivity index (χ3v) is 3.88. The molecule has 0 aliphatic rings. The number of nitrogens with one attached hydrogen (secondary N) is 1. The molecule has 0 aliphatic heterocycles. The molecule has 0 atom stereocenters. The predicted molar refractivity (Wildman–Crippen MR) is 94.7 cm³/mol. The summed E-state index contributed by atoms with van der Waals surface area (Å²) in [4.78, 5) is 26.0. The van der Waals surface area contributed by atoms with E-state index in [1.807, 2.05) is 30.3 Å². The number of hydrogen-bond acceptors (Lipinski definition) is 4. The Morgan fingerprint density at radius 3 is 2.72 bits per heavy atom. The first-order chi connectivity index (χ1) is 12.3. The van der Waals surface area contributed by atoms with Crippen molar-refractivity contribution in [3.63, 3.8) is 0 Å². The van der Waals surface area contributed by atoms with Crippen molar-refractivity contribution < 1.29 is 9.90 Å². The molecule has 0 fully saturated rings. The molecule has 1 amide bonds. The Bertz CT molecular complexity index is 803. The minimum absolute atomic E-state index is 0.0482. The van der Waals surface area contributed by atoms with Crippen LogP contribution in [-0.4, -0.2) is 44.0 Å². The van der Waals surface area contributed by atoms with Crippen molar-refractivity contribution in [2.24, 2.45) is 0 Å². The van der Waals surface area contributed by atoms with Crippen molar-refractivity contribution in [1.29, 1.82) is 0 Å². The predicted octanol–water partition coefficient (Wildman–Crippen LogP) is 2.50. The van der Waals surface area contributed by atoms with Crippen LogP contribution in [0.1, 0.15) is 22.3 Å². The van der Waals surface area contributed by atoms with E-state index in [0.717, 1.165) is 17.0 Å². The van der Waals surface area contributed by atoms with Gasteiger partial charge >= 0.3 is 0 Å². The van der Waals surface area contributed by atoms with E-state index >= 15 is 0 Å². The molecule has 0 spiro atoms. The Labute approximate surface area is 146 Å². The number of H-pyrrole nitrogens is 1. The van der Waals surface area contributed by atoms with Crippen molar-refractivity contribution in [3.05, 3.63) is 72.3 Å². The molecule has 25 heavy (non-hydrogen) atoms. The lowest BCUT2D eigenvalue weighted by atomic mass is 10.1. The second-order valence-electron chi connectivity index (χ2n) is 5.68. The Hall–Kier alpha value is -2.99. The average Bonchev–Trinajstić information content (AvgIpc) is 3.20. The number of rotatable bonds is 7. The summed E-state index contributed by atoms with van der Waals surface area (Å²) < 4.78 is 0. The van der Waals surface area contributed by atoms with Crippen molar-refractivity contribution in [2.45, 2.75) is 13.0 Å². The van der Waals surface area contributed by atoms with Crippen molar-refractivity contribution in [3.8, 4) is 11.4 Å². The van der Waals surface area contributed by atoms with Crippen LogP contribution < -0.4 is 0 Å². The van der Waals surface area contributed by atoms with Crippen molar-refractivity contribution in [1.82, 2.24) is 19.9 Å². The number of amides is 1. The zero-order valence-electron chi connectivity index (χ0n) is 13.8. The lowest BCUT2D eigenvalue weighted by Gasteiger charge is -2.23. The summed E-state index contributed by atoms with van der Waals surface area (Å²) in [7, 11) is 0. The molecule has 2 aromatic heterocycles. The number of hydrogen-bond donors (Lipinski definition) is 2. The number of imidazole rings is 1. The third-order valence-electron chi connectivity index (χ3n) is 3.88.